The highest BCUT2D eigenvalue weighted by Crippen LogP contribution is 2.08. The first-order chi connectivity index (χ1) is 6.90. The second-order valence-corrected chi connectivity index (χ2v) is 3.17. The molecule has 0 aliphatic heterocycles. The van der Waals surface area contributed by atoms with Gasteiger partial charge >= 0.3 is 0 Å². The molecule has 3 nitrogen and oxygen atoms in total. The van der Waals surface area contributed by atoms with Crippen molar-refractivity contribution in [3.05, 3.63) is 48.5 Å². The van der Waals surface area contributed by atoms with Crippen LogP contribution in [0.3, 0.4) is 0 Å². The first-order valence-corrected chi connectivity index (χ1v) is 4.62. The fraction of sp³-hybridized carbons (Fsp3) is 0.182. The minimum absolute atomic E-state index is 0. The SMILES string of the molecule is CNCc1ccc(-n2ccnc2)cc1.Cl.Cl. The molecular weight excluding hydrogens is 245 g/mol. The molecule has 5 heteroatoms. The van der Waals surface area contributed by atoms with Crippen LogP contribution >= 0.6 is 24.8 Å². The molecule has 1 aromatic carbocycles. The fourth-order valence-electron chi connectivity index (χ4n) is 1.40. The zero-order valence-corrected chi connectivity index (χ0v) is 10.6. The summed E-state index contributed by atoms with van der Waals surface area (Å²) in [4.78, 5) is 4.01. The van der Waals surface area contributed by atoms with Gasteiger partial charge in [0.1, 0.15) is 0 Å². The van der Waals surface area contributed by atoms with E-state index in [1.165, 1.54) is 5.56 Å². The van der Waals surface area contributed by atoms with E-state index in [1.807, 2.05) is 17.8 Å². The summed E-state index contributed by atoms with van der Waals surface area (Å²) >= 11 is 0. The van der Waals surface area contributed by atoms with E-state index >= 15 is 0 Å². The van der Waals surface area contributed by atoms with Gasteiger partial charge in [-0.15, -0.1) is 24.8 Å². The lowest BCUT2D eigenvalue weighted by Gasteiger charge is -2.03. The Bertz CT molecular complexity index is 384. The number of aromatic nitrogens is 2. The average molecular weight is 260 g/mol. The van der Waals surface area contributed by atoms with Crippen LogP contribution in [0.1, 0.15) is 5.56 Å². The number of hydrogen-bond acceptors (Lipinski definition) is 2. The molecule has 0 radical (unpaired) electrons. The third-order valence-electron chi connectivity index (χ3n) is 2.12. The van der Waals surface area contributed by atoms with Crippen LogP contribution in [0.25, 0.3) is 5.69 Å². The van der Waals surface area contributed by atoms with Gasteiger partial charge in [0.2, 0.25) is 0 Å². The normalized spacial score (nSPS) is 9.06. The van der Waals surface area contributed by atoms with Gasteiger partial charge < -0.3 is 9.88 Å². The number of rotatable bonds is 3. The van der Waals surface area contributed by atoms with E-state index in [4.69, 9.17) is 0 Å². The highest BCUT2D eigenvalue weighted by Gasteiger charge is 1.95. The molecule has 1 N–H and O–H groups in total. The topological polar surface area (TPSA) is 29.9 Å². The van der Waals surface area contributed by atoms with Crippen molar-refractivity contribution in [3.63, 3.8) is 0 Å². The summed E-state index contributed by atoms with van der Waals surface area (Å²) in [6.07, 6.45) is 5.52. The van der Waals surface area contributed by atoms with Crippen LogP contribution in [0, 0.1) is 0 Å². The van der Waals surface area contributed by atoms with Gasteiger partial charge in [-0.25, -0.2) is 4.98 Å². The molecule has 0 aliphatic carbocycles. The zero-order valence-electron chi connectivity index (χ0n) is 8.96. The van der Waals surface area contributed by atoms with Crippen LogP contribution in [0.15, 0.2) is 43.0 Å². The predicted octanol–water partition coefficient (Wildman–Crippen LogP) is 2.44. The number of nitrogens with zero attached hydrogens (tertiary/aromatic N) is 2. The Hall–Kier alpha value is -1.03. The maximum Gasteiger partial charge on any atom is 0.0991 e. The molecule has 0 atom stereocenters. The molecule has 0 unspecified atom stereocenters. The summed E-state index contributed by atoms with van der Waals surface area (Å²) in [5, 5.41) is 3.12. The lowest BCUT2D eigenvalue weighted by molar-refractivity contribution is 0.817. The van der Waals surface area contributed by atoms with Crippen LogP contribution < -0.4 is 5.32 Å². The van der Waals surface area contributed by atoms with Crippen molar-refractivity contribution in [1.29, 1.82) is 0 Å². The van der Waals surface area contributed by atoms with Gasteiger partial charge in [0.15, 0.2) is 0 Å². The molecule has 1 aromatic heterocycles. The molecule has 0 saturated carbocycles. The van der Waals surface area contributed by atoms with Crippen molar-refractivity contribution < 1.29 is 0 Å². The largest absolute Gasteiger partial charge is 0.316 e. The second-order valence-electron chi connectivity index (χ2n) is 3.17. The van der Waals surface area contributed by atoms with Crippen molar-refractivity contribution in [2.45, 2.75) is 6.54 Å². The quantitative estimate of drug-likeness (QED) is 0.918. The standard InChI is InChI=1S/C11H13N3.2ClH/c1-12-8-10-2-4-11(5-3-10)14-7-6-13-9-14;;/h2-7,9,12H,8H2,1H3;2*1H. The van der Waals surface area contributed by atoms with Crippen LogP contribution in [0.5, 0.6) is 0 Å². The highest BCUT2D eigenvalue weighted by molar-refractivity contribution is 5.85. The number of imidazole rings is 1. The number of benzene rings is 1. The molecule has 0 fully saturated rings. The van der Waals surface area contributed by atoms with Gasteiger partial charge in [0, 0.05) is 24.6 Å². The molecule has 16 heavy (non-hydrogen) atoms. The van der Waals surface area contributed by atoms with Crippen LogP contribution in [0.4, 0.5) is 0 Å². The first-order valence-electron chi connectivity index (χ1n) is 4.62. The first kappa shape index (κ1) is 15.0. The monoisotopic (exact) mass is 259 g/mol. The van der Waals surface area contributed by atoms with Crippen LogP contribution in [-0.2, 0) is 6.54 Å². The van der Waals surface area contributed by atoms with Crippen molar-refractivity contribution >= 4 is 24.8 Å². The van der Waals surface area contributed by atoms with Gasteiger partial charge in [-0.3, -0.25) is 0 Å². The maximum atomic E-state index is 4.01. The number of halogens is 2. The van der Waals surface area contributed by atoms with Crippen molar-refractivity contribution in [2.75, 3.05) is 7.05 Å². The lowest BCUT2D eigenvalue weighted by Crippen LogP contribution is -2.04. The molecular formula is C11H15Cl2N3. The summed E-state index contributed by atoms with van der Waals surface area (Å²) in [6, 6.07) is 8.42. The van der Waals surface area contributed by atoms with E-state index in [9.17, 15) is 0 Å². The van der Waals surface area contributed by atoms with Crippen molar-refractivity contribution in [1.82, 2.24) is 14.9 Å². The molecule has 0 aliphatic rings. The third-order valence-corrected chi connectivity index (χ3v) is 2.12. The molecule has 2 aromatic rings. The Morgan fingerprint density at radius 2 is 1.88 bits per heavy atom. The Kier molecular flexibility index (Phi) is 6.81. The van der Waals surface area contributed by atoms with E-state index < -0.39 is 0 Å². The predicted molar refractivity (Wildman–Crippen MR) is 70.8 cm³/mol. The molecule has 0 saturated heterocycles. The minimum Gasteiger partial charge on any atom is -0.316 e. The molecule has 0 bridgehead atoms. The Morgan fingerprint density at radius 3 is 2.38 bits per heavy atom. The molecule has 0 spiro atoms. The van der Waals surface area contributed by atoms with Crippen LogP contribution in [0.2, 0.25) is 0 Å². The maximum absolute atomic E-state index is 4.01. The molecule has 88 valence electrons. The van der Waals surface area contributed by atoms with E-state index in [0.717, 1.165) is 12.2 Å². The number of nitrogens with one attached hydrogen (secondary N) is 1. The van der Waals surface area contributed by atoms with Crippen molar-refractivity contribution in [3.8, 4) is 5.69 Å². The summed E-state index contributed by atoms with van der Waals surface area (Å²) in [5.74, 6) is 0. The summed E-state index contributed by atoms with van der Waals surface area (Å²) in [5.41, 5.74) is 2.43. The summed E-state index contributed by atoms with van der Waals surface area (Å²) < 4.78 is 1.99. The van der Waals surface area contributed by atoms with Gasteiger partial charge in [0.05, 0.1) is 6.33 Å². The Labute approximate surface area is 108 Å². The lowest BCUT2D eigenvalue weighted by atomic mass is 10.2. The summed E-state index contributed by atoms with van der Waals surface area (Å²) in [7, 11) is 1.95. The van der Waals surface area contributed by atoms with E-state index in [2.05, 4.69) is 34.6 Å². The fourth-order valence-corrected chi connectivity index (χ4v) is 1.40. The smallest absolute Gasteiger partial charge is 0.0991 e. The van der Waals surface area contributed by atoms with E-state index in [0.29, 0.717) is 0 Å². The molecule has 1 heterocycles. The Balaban J connectivity index is 0.00000112. The third kappa shape index (κ3) is 3.52. The van der Waals surface area contributed by atoms with Gasteiger partial charge in [-0.1, -0.05) is 12.1 Å². The van der Waals surface area contributed by atoms with Crippen LogP contribution in [-0.4, -0.2) is 16.6 Å². The van der Waals surface area contributed by atoms with E-state index in [1.54, 1.807) is 12.5 Å². The molecule has 2 rings (SSSR count). The highest BCUT2D eigenvalue weighted by atomic mass is 35.5. The number of hydrogen-bond donors (Lipinski definition) is 1. The Morgan fingerprint density at radius 1 is 1.19 bits per heavy atom. The summed E-state index contributed by atoms with van der Waals surface area (Å²) in [6.45, 7) is 0.907. The van der Waals surface area contributed by atoms with Gasteiger partial charge in [0.25, 0.3) is 0 Å². The van der Waals surface area contributed by atoms with Gasteiger partial charge in [-0.2, -0.15) is 0 Å². The zero-order chi connectivity index (χ0) is 9.80. The average Bonchev–Trinajstić information content (AvgIpc) is 2.72. The minimum atomic E-state index is 0. The van der Waals surface area contributed by atoms with Gasteiger partial charge in [-0.05, 0) is 24.7 Å². The van der Waals surface area contributed by atoms with Crippen molar-refractivity contribution in [2.24, 2.45) is 0 Å². The second kappa shape index (κ2) is 7.28. The molecule has 0 amide bonds. The van der Waals surface area contributed by atoms with E-state index in [-0.39, 0.29) is 24.8 Å².